The molecule has 134 valence electrons. The third kappa shape index (κ3) is 5.80. The minimum atomic E-state index is -0.0626. The topological polar surface area (TPSA) is 59.6 Å². The Morgan fingerprint density at radius 3 is 2.44 bits per heavy atom. The van der Waals surface area contributed by atoms with E-state index in [0.29, 0.717) is 23.6 Å². The fraction of sp³-hybridized carbons (Fsp3) is 0.350. The summed E-state index contributed by atoms with van der Waals surface area (Å²) in [6.45, 7) is 4.80. The van der Waals surface area contributed by atoms with Gasteiger partial charge in [-0.2, -0.15) is 0 Å². The maximum Gasteiger partial charge on any atom is 0.226 e. The molecular weight excluding hydrogens is 316 g/mol. The van der Waals surface area contributed by atoms with Gasteiger partial charge in [0.1, 0.15) is 11.5 Å². The van der Waals surface area contributed by atoms with E-state index < -0.39 is 0 Å². The molecule has 1 atom stereocenters. The lowest BCUT2D eigenvalue weighted by molar-refractivity contribution is -0.116. The Kier molecular flexibility index (Phi) is 6.83. The first-order valence-corrected chi connectivity index (χ1v) is 8.32. The summed E-state index contributed by atoms with van der Waals surface area (Å²) in [6.07, 6.45) is 0.376. The Balaban J connectivity index is 1.85. The summed E-state index contributed by atoms with van der Waals surface area (Å²) in [7, 11) is 3.16. The number of carbonyl (C=O) groups is 1. The summed E-state index contributed by atoms with van der Waals surface area (Å²) in [5.74, 6) is 1.20. The number of anilines is 1. The molecule has 0 aliphatic heterocycles. The molecule has 0 saturated carbocycles. The second-order valence-electron chi connectivity index (χ2n) is 6.09. The predicted molar refractivity (Wildman–Crippen MR) is 100 cm³/mol. The number of nitrogens with one attached hydrogen (secondary N) is 2. The van der Waals surface area contributed by atoms with Crippen molar-refractivity contribution in [3.05, 3.63) is 53.6 Å². The second-order valence-corrected chi connectivity index (χ2v) is 6.09. The van der Waals surface area contributed by atoms with Crippen molar-refractivity contribution in [3.63, 3.8) is 0 Å². The van der Waals surface area contributed by atoms with Crippen molar-refractivity contribution in [1.82, 2.24) is 5.32 Å². The van der Waals surface area contributed by atoms with Gasteiger partial charge in [-0.25, -0.2) is 0 Å². The summed E-state index contributed by atoms with van der Waals surface area (Å²) in [6, 6.07) is 13.7. The van der Waals surface area contributed by atoms with Crippen LogP contribution in [0.3, 0.4) is 0 Å². The summed E-state index contributed by atoms with van der Waals surface area (Å²) >= 11 is 0. The second kappa shape index (κ2) is 9.08. The minimum Gasteiger partial charge on any atom is -0.497 e. The van der Waals surface area contributed by atoms with Gasteiger partial charge in [-0.3, -0.25) is 4.79 Å². The molecule has 5 nitrogen and oxygen atoms in total. The summed E-state index contributed by atoms with van der Waals surface area (Å²) in [4.78, 5) is 12.3. The van der Waals surface area contributed by atoms with E-state index in [1.165, 1.54) is 11.1 Å². The normalized spacial score (nSPS) is 11.7. The van der Waals surface area contributed by atoms with Crippen LogP contribution in [0, 0.1) is 6.92 Å². The number of methoxy groups -OCH3 is 2. The van der Waals surface area contributed by atoms with Crippen molar-refractivity contribution in [2.45, 2.75) is 32.9 Å². The van der Waals surface area contributed by atoms with Crippen LogP contribution in [0.25, 0.3) is 0 Å². The molecule has 1 amide bonds. The molecule has 0 spiro atoms. The van der Waals surface area contributed by atoms with Crippen molar-refractivity contribution in [3.8, 4) is 11.5 Å². The van der Waals surface area contributed by atoms with Gasteiger partial charge < -0.3 is 20.1 Å². The predicted octanol–water partition coefficient (Wildman–Crippen LogP) is 3.52. The van der Waals surface area contributed by atoms with Crippen LogP contribution < -0.4 is 20.1 Å². The molecule has 1 unspecified atom stereocenters. The SMILES string of the molecule is COc1ccc(NC(=O)CC(C)NCc2ccc(C)cc2)c(OC)c1. The number of aryl methyl sites for hydroxylation is 1. The number of carbonyl (C=O) groups excluding carboxylic acids is 1. The quantitative estimate of drug-likeness (QED) is 0.771. The standard InChI is InChI=1S/C20H26N2O3/c1-14-5-7-16(8-6-14)13-21-15(2)11-20(23)22-18-10-9-17(24-3)12-19(18)25-4/h5-10,12,15,21H,11,13H2,1-4H3,(H,22,23). The highest BCUT2D eigenvalue weighted by Gasteiger charge is 2.12. The first kappa shape index (κ1) is 18.8. The van der Waals surface area contributed by atoms with Gasteiger partial charge in [-0.15, -0.1) is 0 Å². The zero-order chi connectivity index (χ0) is 18.2. The molecule has 0 aliphatic rings. The molecule has 2 aromatic carbocycles. The average Bonchev–Trinajstić information content (AvgIpc) is 2.61. The molecular formula is C20H26N2O3. The fourth-order valence-electron chi connectivity index (χ4n) is 2.45. The Morgan fingerprint density at radius 1 is 1.08 bits per heavy atom. The molecule has 0 heterocycles. The number of hydrogen-bond acceptors (Lipinski definition) is 4. The molecule has 0 bridgehead atoms. The molecule has 0 aliphatic carbocycles. The number of benzene rings is 2. The lowest BCUT2D eigenvalue weighted by atomic mass is 10.1. The summed E-state index contributed by atoms with van der Waals surface area (Å²) < 4.78 is 10.5. The van der Waals surface area contributed by atoms with Crippen LogP contribution in [0.2, 0.25) is 0 Å². The molecule has 0 aromatic heterocycles. The highest BCUT2D eigenvalue weighted by atomic mass is 16.5. The van der Waals surface area contributed by atoms with Crippen molar-refractivity contribution in [2.24, 2.45) is 0 Å². The van der Waals surface area contributed by atoms with Gasteiger partial charge in [0.2, 0.25) is 5.91 Å². The van der Waals surface area contributed by atoms with E-state index in [2.05, 4.69) is 41.8 Å². The lowest BCUT2D eigenvalue weighted by Gasteiger charge is -2.15. The Bertz CT molecular complexity index is 699. The van der Waals surface area contributed by atoms with Crippen molar-refractivity contribution in [2.75, 3.05) is 19.5 Å². The molecule has 0 saturated heterocycles. The maximum atomic E-state index is 12.3. The highest BCUT2D eigenvalue weighted by Crippen LogP contribution is 2.29. The lowest BCUT2D eigenvalue weighted by Crippen LogP contribution is -2.30. The van der Waals surface area contributed by atoms with Crippen molar-refractivity contribution in [1.29, 1.82) is 0 Å². The molecule has 2 aromatic rings. The van der Waals surface area contributed by atoms with Gasteiger partial charge in [0.25, 0.3) is 0 Å². The van der Waals surface area contributed by atoms with Crippen LogP contribution in [0.4, 0.5) is 5.69 Å². The number of hydrogen-bond donors (Lipinski definition) is 2. The third-order valence-electron chi connectivity index (χ3n) is 3.95. The smallest absolute Gasteiger partial charge is 0.226 e. The highest BCUT2D eigenvalue weighted by molar-refractivity contribution is 5.92. The Labute approximate surface area is 149 Å². The minimum absolute atomic E-state index is 0.0607. The number of ether oxygens (including phenoxy) is 2. The van der Waals surface area contributed by atoms with Crippen LogP contribution in [0.5, 0.6) is 11.5 Å². The molecule has 0 fully saturated rings. The van der Waals surface area contributed by atoms with Crippen molar-refractivity contribution >= 4 is 11.6 Å². The fourth-order valence-corrected chi connectivity index (χ4v) is 2.45. The van der Waals surface area contributed by atoms with Gasteiger partial charge in [0, 0.05) is 25.1 Å². The monoisotopic (exact) mass is 342 g/mol. The van der Waals surface area contributed by atoms with Gasteiger partial charge >= 0.3 is 0 Å². The van der Waals surface area contributed by atoms with Crippen LogP contribution in [0.1, 0.15) is 24.5 Å². The van der Waals surface area contributed by atoms with E-state index in [4.69, 9.17) is 9.47 Å². The molecule has 25 heavy (non-hydrogen) atoms. The molecule has 2 N–H and O–H groups in total. The van der Waals surface area contributed by atoms with E-state index in [0.717, 1.165) is 6.54 Å². The zero-order valence-corrected chi connectivity index (χ0v) is 15.3. The van der Waals surface area contributed by atoms with Gasteiger partial charge in [-0.1, -0.05) is 29.8 Å². The van der Waals surface area contributed by atoms with Crippen LogP contribution in [0.15, 0.2) is 42.5 Å². The Morgan fingerprint density at radius 2 is 1.80 bits per heavy atom. The summed E-state index contributed by atoms with van der Waals surface area (Å²) in [5.41, 5.74) is 3.08. The summed E-state index contributed by atoms with van der Waals surface area (Å²) in [5, 5.41) is 6.26. The molecule has 2 rings (SSSR count). The maximum absolute atomic E-state index is 12.3. The molecule has 0 radical (unpaired) electrons. The van der Waals surface area contributed by atoms with Crippen LogP contribution >= 0.6 is 0 Å². The van der Waals surface area contributed by atoms with Gasteiger partial charge in [0.15, 0.2) is 0 Å². The van der Waals surface area contributed by atoms with E-state index in [-0.39, 0.29) is 11.9 Å². The van der Waals surface area contributed by atoms with E-state index >= 15 is 0 Å². The van der Waals surface area contributed by atoms with Crippen LogP contribution in [-0.4, -0.2) is 26.2 Å². The first-order chi connectivity index (χ1) is 12.0. The molecule has 5 heteroatoms. The van der Waals surface area contributed by atoms with E-state index in [1.807, 2.05) is 6.92 Å². The third-order valence-corrected chi connectivity index (χ3v) is 3.95. The van der Waals surface area contributed by atoms with Crippen LogP contribution in [-0.2, 0) is 11.3 Å². The number of amides is 1. The van der Waals surface area contributed by atoms with Crippen molar-refractivity contribution < 1.29 is 14.3 Å². The Hall–Kier alpha value is -2.53. The van der Waals surface area contributed by atoms with Gasteiger partial charge in [-0.05, 0) is 31.5 Å². The zero-order valence-electron chi connectivity index (χ0n) is 15.3. The largest absolute Gasteiger partial charge is 0.497 e. The van der Waals surface area contributed by atoms with E-state index in [9.17, 15) is 4.79 Å². The van der Waals surface area contributed by atoms with Gasteiger partial charge in [0.05, 0.1) is 19.9 Å². The number of rotatable bonds is 8. The first-order valence-electron chi connectivity index (χ1n) is 8.32. The average molecular weight is 342 g/mol. The van der Waals surface area contributed by atoms with E-state index in [1.54, 1.807) is 32.4 Å².